The van der Waals surface area contributed by atoms with Crippen LogP contribution in [0.4, 0.5) is 0 Å². The normalized spacial score (nSPS) is 10.1. The van der Waals surface area contributed by atoms with Gasteiger partial charge in [0.05, 0.1) is 11.6 Å². The molecule has 4 heteroatoms. The minimum atomic E-state index is 0.589. The average Bonchev–Trinajstić information content (AvgIpc) is 2.78. The maximum absolute atomic E-state index is 6.28. The minimum Gasteiger partial charge on any atom is -0.274 e. The Balaban J connectivity index is 0.00000184. The molecule has 0 radical (unpaired) electrons. The molecule has 0 aliphatic heterocycles. The fourth-order valence-corrected chi connectivity index (χ4v) is 3.35. The lowest BCUT2D eigenvalue weighted by molar-refractivity contribution is 1.26. The Hall–Kier alpha value is -1.74. The van der Waals surface area contributed by atoms with Crippen molar-refractivity contribution in [3.8, 4) is 0 Å². The SMILES string of the molecule is C=CCN=C(SCC=C)c1ccc(C(=C)c2cc(Cl)ccc2Cl)cc1.CC.CC. The van der Waals surface area contributed by atoms with Crippen molar-refractivity contribution < 1.29 is 0 Å². The number of nitrogens with zero attached hydrogens (tertiary/aromatic N) is 1. The Labute approximate surface area is 191 Å². The summed E-state index contributed by atoms with van der Waals surface area (Å²) in [5.74, 6) is 0.808. The van der Waals surface area contributed by atoms with Crippen LogP contribution in [-0.2, 0) is 0 Å². The molecule has 2 aromatic carbocycles. The van der Waals surface area contributed by atoms with Crippen molar-refractivity contribution in [1.82, 2.24) is 0 Å². The first-order valence-corrected chi connectivity index (χ1v) is 11.4. The Morgan fingerprint density at radius 2 is 1.52 bits per heavy atom. The van der Waals surface area contributed by atoms with E-state index in [1.165, 1.54) is 0 Å². The second-order valence-electron chi connectivity index (χ2n) is 5.21. The van der Waals surface area contributed by atoms with Crippen LogP contribution in [0.1, 0.15) is 44.4 Å². The van der Waals surface area contributed by atoms with Crippen LogP contribution >= 0.6 is 35.0 Å². The molecule has 0 N–H and O–H groups in total. The van der Waals surface area contributed by atoms with Gasteiger partial charge in [-0.15, -0.1) is 24.9 Å². The highest BCUT2D eigenvalue weighted by Gasteiger charge is 2.09. The third-order valence-corrected chi connectivity index (χ3v) is 5.04. The number of benzene rings is 2. The highest BCUT2D eigenvalue weighted by atomic mass is 35.5. The summed E-state index contributed by atoms with van der Waals surface area (Å²) in [6, 6.07) is 13.5. The standard InChI is InChI=1S/C21H19Cl2NS.2C2H6/c1-4-12-24-21(25-13-5-2)17-8-6-16(7-9-17)15(3)19-14-18(22)10-11-20(19)23;2*1-2/h4-11,14H,1-3,12-13H2;2*1-2H3. The predicted molar refractivity (Wildman–Crippen MR) is 138 cm³/mol. The zero-order chi connectivity index (χ0) is 22.2. The summed E-state index contributed by atoms with van der Waals surface area (Å²) in [6.07, 6.45) is 3.65. The first kappa shape index (κ1) is 27.3. The molecule has 0 saturated carbocycles. The van der Waals surface area contributed by atoms with Gasteiger partial charge >= 0.3 is 0 Å². The highest BCUT2D eigenvalue weighted by Crippen LogP contribution is 2.30. The number of hydrogen-bond donors (Lipinski definition) is 0. The summed E-state index contributed by atoms with van der Waals surface area (Å²) < 4.78 is 0. The van der Waals surface area contributed by atoms with Crippen LogP contribution in [0.3, 0.4) is 0 Å². The van der Waals surface area contributed by atoms with Gasteiger partial charge in [-0.3, -0.25) is 4.99 Å². The van der Waals surface area contributed by atoms with Crippen molar-refractivity contribution in [3.05, 3.63) is 101 Å². The smallest absolute Gasteiger partial charge is 0.0983 e. The first-order chi connectivity index (χ1) is 14.1. The molecule has 2 rings (SSSR count). The number of hydrogen-bond acceptors (Lipinski definition) is 2. The second kappa shape index (κ2) is 16.1. The summed E-state index contributed by atoms with van der Waals surface area (Å²) in [4.78, 5) is 4.56. The molecule has 0 bridgehead atoms. The molecule has 0 saturated heterocycles. The molecule has 0 spiro atoms. The van der Waals surface area contributed by atoms with Gasteiger partial charge in [0.25, 0.3) is 0 Å². The van der Waals surface area contributed by atoms with Gasteiger partial charge in [-0.2, -0.15) is 0 Å². The van der Waals surface area contributed by atoms with Gasteiger partial charge in [0.1, 0.15) is 0 Å². The monoisotopic (exact) mass is 447 g/mol. The van der Waals surface area contributed by atoms with E-state index in [1.54, 1.807) is 30.0 Å². The molecular formula is C25H31Cl2NS. The van der Waals surface area contributed by atoms with Crippen molar-refractivity contribution in [2.45, 2.75) is 27.7 Å². The molecule has 0 atom stereocenters. The highest BCUT2D eigenvalue weighted by molar-refractivity contribution is 8.14. The van der Waals surface area contributed by atoms with Crippen LogP contribution in [0.2, 0.25) is 10.0 Å². The lowest BCUT2D eigenvalue weighted by Crippen LogP contribution is -1.98. The lowest BCUT2D eigenvalue weighted by Gasteiger charge is -2.11. The van der Waals surface area contributed by atoms with Gasteiger partial charge in [-0.25, -0.2) is 0 Å². The van der Waals surface area contributed by atoms with Crippen LogP contribution in [0, 0.1) is 0 Å². The summed E-state index contributed by atoms with van der Waals surface area (Å²) >= 11 is 14.0. The van der Waals surface area contributed by atoms with Crippen molar-refractivity contribution in [1.29, 1.82) is 0 Å². The number of aliphatic imine (C=N–C) groups is 1. The maximum Gasteiger partial charge on any atom is 0.0983 e. The van der Waals surface area contributed by atoms with E-state index in [0.717, 1.165) is 33.1 Å². The van der Waals surface area contributed by atoms with Gasteiger partial charge in [0.15, 0.2) is 0 Å². The van der Waals surface area contributed by atoms with Crippen LogP contribution in [0.5, 0.6) is 0 Å². The van der Waals surface area contributed by atoms with E-state index in [1.807, 2.05) is 64.1 Å². The van der Waals surface area contributed by atoms with E-state index in [9.17, 15) is 0 Å². The van der Waals surface area contributed by atoms with E-state index >= 15 is 0 Å². The van der Waals surface area contributed by atoms with Crippen LogP contribution in [0.25, 0.3) is 5.57 Å². The zero-order valence-corrected chi connectivity index (χ0v) is 20.2. The van der Waals surface area contributed by atoms with Gasteiger partial charge in [0.2, 0.25) is 0 Å². The van der Waals surface area contributed by atoms with E-state index < -0.39 is 0 Å². The first-order valence-electron chi connectivity index (χ1n) is 9.71. The number of halogens is 2. The minimum absolute atomic E-state index is 0.589. The third-order valence-electron chi connectivity index (χ3n) is 3.44. The summed E-state index contributed by atoms with van der Waals surface area (Å²) in [5.41, 5.74) is 3.72. The third kappa shape index (κ3) is 9.08. The number of rotatable bonds is 7. The van der Waals surface area contributed by atoms with E-state index in [4.69, 9.17) is 23.2 Å². The van der Waals surface area contributed by atoms with Crippen molar-refractivity contribution in [3.63, 3.8) is 0 Å². The molecular weight excluding hydrogens is 417 g/mol. The molecule has 0 aliphatic rings. The summed E-state index contributed by atoms with van der Waals surface area (Å²) in [6.45, 7) is 20.2. The Bertz CT molecular complexity index is 808. The quantitative estimate of drug-likeness (QED) is 0.234. The molecule has 156 valence electrons. The van der Waals surface area contributed by atoms with Gasteiger partial charge in [-0.05, 0) is 29.3 Å². The molecule has 0 aromatic heterocycles. The largest absolute Gasteiger partial charge is 0.274 e. The zero-order valence-electron chi connectivity index (χ0n) is 17.8. The second-order valence-corrected chi connectivity index (χ2v) is 7.07. The maximum atomic E-state index is 6.28. The fourth-order valence-electron chi connectivity index (χ4n) is 2.20. The average molecular weight is 449 g/mol. The van der Waals surface area contributed by atoms with Crippen LogP contribution < -0.4 is 0 Å². The van der Waals surface area contributed by atoms with E-state index in [-0.39, 0.29) is 0 Å². The summed E-state index contributed by atoms with van der Waals surface area (Å²) in [7, 11) is 0. The predicted octanol–water partition coefficient (Wildman–Crippen LogP) is 8.96. The van der Waals surface area contributed by atoms with Crippen molar-refractivity contribution >= 4 is 45.6 Å². The molecule has 0 heterocycles. The van der Waals surface area contributed by atoms with Gasteiger partial charge < -0.3 is 0 Å². The fraction of sp³-hybridized carbons (Fsp3) is 0.240. The molecule has 0 fully saturated rings. The molecule has 0 amide bonds. The topological polar surface area (TPSA) is 12.4 Å². The molecule has 1 nitrogen and oxygen atoms in total. The van der Waals surface area contributed by atoms with Crippen molar-refractivity contribution in [2.24, 2.45) is 4.99 Å². The van der Waals surface area contributed by atoms with E-state index in [2.05, 4.69) is 24.7 Å². The lowest BCUT2D eigenvalue weighted by atomic mass is 9.98. The van der Waals surface area contributed by atoms with Crippen molar-refractivity contribution in [2.75, 3.05) is 12.3 Å². The van der Waals surface area contributed by atoms with Gasteiger partial charge in [0, 0.05) is 26.9 Å². The van der Waals surface area contributed by atoms with Crippen LogP contribution in [-0.4, -0.2) is 17.3 Å². The van der Waals surface area contributed by atoms with Crippen LogP contribution in [0.15, 0.2) is 79.3 Å². The van der Waals surface area contributed by atoms with E-state index in [0.29, 0.717) is 16.6 Å². The molecule has 2 aromatic rings. The molecule has 0 aliphatic carbocycles. The molecule has 0 unspecified atom stereocenters. The number of thioether (sulfide) groups is 1. The van der Waals surface area contributed by atoms with Gasteiger partial charge in [-0.1, -0.05) is 93.9 Å². The summed E-state index contributed by atoms with van der Waals surface area (Å²) in [5, 5.41) is 2.24. The molecule has 29 heavy (non-hydrogen) atoms. The Morgan fingerprint density at radius 1 is 0.931 bits per heavy atom. The Kier molecular flexibility index (Phi) is 15.1. The Morgan fingerprint density at radius 3 is 2.07 bits per heavy atom.